The number of Topliss-reactive ketones (excluding diaryl/α,β-unsaturated/α-hetero) is 1. The van der Waals surface area contributed by atoms with Crippen molar-refractivity contribution in [2.24, 2.45) is 0 Å². The maximum Gasteiger partial charge on any atom is 0.165 e. The molecule has 0 saturated carbocycles. The lowest BCUT2D eigenvalue weighted by molar-refractivity contribution is 0.0984. The minimum Gasteiger partial charge on any atom is -0.294 e. The van der Waals surface area contributed by atoms with Crippen molar-refractivity contribution >= 4 is 29.0 Å². The summed E-state index contributed by atoms with van der Waals surface area (Å²) >= 11 is 11.6. The predicted molar refractivity (Wildman–Crippen MR) is 63.5 cm³/mol. The standard InChI is InChI=1S/C12H10Cl2O/c1-2-3-4-5-12(15)10-7-6-9(13)8-11(10)14/h6-8H,4-5H2,1H3. The molecule has 0 aliphatic carbocycles. The Morgan fingerprint density at radius 2 is 2.13 bits per heavy atom. The highest BCUT2D eigenvalue weighted by atomic mass is 35.5. The molecule has 0 unspecified atom stereocenters. The van der Waals surface area contributed by atoms with Crippen molar-refractivity contribution in [2.75, 3.05) is 0 Å². The summed E-state index contributed by atoms with van der Waals surface area (Å²) in [5.41, 5.74) is 0.513. The normalized spacial score (nSPS) is 9.27. The monoisotopic (exact) mass is 240 g/mol. The number of ketones is 1. The van der Waals surface area contributed by atoms with E-state index in [4.69, 9.17) is 23.2 Å². The summed E-state index contributed by atoms with van der Waals surface area (Å²) in [7, 11) is 0. The molecule has 0 aliphatic heterocycles. The second-order valence-corrected chi connectivity index (χ2v) is 3.82. The smallest absolute Gasteiger partial charge is 0.165 e. The topological polar surface area (TPSA) is 17.1 Å². The van der Waals surface area contributed by atoms with Crippen LogP contribution in [-0.4, -0.2) is 5.78 Å². The molecule has 0 fully saturated rings. The van der Waals surface area contributed by atoms with Crippen LogP contribution in [0, 0.1) is 11.8 Å². The third-order valence-corrected chi connectivity index (χ3v) is 2.43. The van der Waals surface area contributed by atoms with Crippen LogP contribution < -0.4 is 0 Å². The molecule has 0 amide bonds. The fourth-order valence-electron chi connectivity index (χ4n) is 1.15. The van der Waals surface area contributed by atoms with Gasteiger partial charge in [0, 0.05) is 23.4 Å². The van der Waals surface area contributed by atoms with E-state index in [-0.39, 0.29) is 5.78 Å². The zero-order valence-electron chi connectivity index (χ0n) is 8.31. The third-order valence-electron chi connectivity index (χ3n) is 1.89. The maximum absolute atomic E-state index is 11.7. The Morgan fingerprint density at radius 1 is 1.40 bits per heavy atom. The molecule has 3 heteroatoms. The molecule has 1 aromatic rings. The van der Waals surface area contributed by atoms with Gasteiger partial charge in [-0.05, 0) is 25.1 Å². The van der Waals surface area contributed by atoms with Crippen molar-refractivity contribution < 1.29 is 4.79 Å². The Labute approximate surface area is 99.4 Å². The molecule has 0 atom stereocenters. The molecule has 1 rings (SSSR count). The number of benzene rings is 1. The summed E-state index contributed by atoms with van der Waals surface area (Å²) in [4.78, 5) is 11.7. The number of hydrogen-bond acceptors (Lipinski definition) is 1. The Balaban J connectivity index is 2.76. The van der Waals surface area contributed by atoms with Gasteiger partial charge in [0.15, 0.2) is 5.78 Å². The van der Waals surface area contributed by atoms with Crippen molar-refractivity contribution in [1.29, 1.82) is 0 Å². The van der Waals surface area contributed by atoms with Crippen LogP contribution >= 0.6 is 23.2 Å². The van der Waals surface area contributed by atoms with Gasteiger partial charge in [-0.3, -0.25) is 4.79 Å². The van der Waals surface area contributed by atoms with E-state index in [0.717, 1.165) is 0 Å². The summed E-state index contributed by atoms with van der Waals surface area (Å²) in [6.07, 6.45) is 0.955. The van der Waals surface area contributed by atoms with E-state index in [1.807, 2.05) is 0 Å². The van der Waals surface area contributed by atoms with Crippen LogP contribution in [0.2, 0.25) is 10.0 Å². The van der Waals surface area contributed by atoms with Crippen molar-refractivity contribution in [3.8, 4) is 11.8 Å². The molecule has 0 bridgehead atoms. The van der Waals surface area contributed by atoms with Crippen LogP contribution in [0.1, 0.15) is 30.1 Å². The molecule has 0 aliphatic rings. The molecule has 15 heavy (non-hydrogen) atoms. The van der Waals surface area contributed by atoms with Gasteiger partial charge in [0.25, 0.3) is 0 Å². The van der Waals surface area contributed by atoms with Crippen LogP contribution in [-0.2, 0) is 0 Å². The largest absolute Gasteiger partial charge is 0.294 e. The highest BCUT2D eigenvalue weighted by Crippen LogP contribution is 2.22. The van der Waals surface area contributed by atoms with Crippen LogP contribution in [0.15, 0.2) is 18.2 Å². The molecule has 0 radical (unpaired) electrons. The number of carbonyl (C=O) groups excluding carboxylic acids is 1. The molecular weight excluding hydrogens is 231 g/mol. The number of carbonyl (C=O) groups is 1. The summed E-state index contributed by atoms with van der Waals surface area (Å²) in [6.45, 7) is 1.75. The second kappa shape index (κ2) is 5.80. The van der Waals surface area contributed by atoms with E-state index < -0.39 is 0 Å². The first-order valence-electron chi connectivity index (χ1n) is 4.53. The zero-order chi connectivity index (χ0) is 11.3. The van der Waals surface area contributed by atoms with Gasteiger partial charge in [0.05, 0.1) is 5.02 Å². The molecule has 0 saturated heterocycles. The van der Waals surface area contributed by atoms with Crippen LogP contribution in [0.25, 0.3) is 0 Å². The lowest BCUT2D eigenvalue weighted by Crippen LogP contribution is -1.99. The van der Waals surface area contributed by atoms with Gasteiger partial charge in [-0.25, -0.2) is 0 Å². The molecule has 0 heterocycles. The molecule has 1 aromatic carbocycles. The van der Waals surface area contributed by atoms with Crippen molar-refractivity contribution in [1.82, 2.24) is 0 Å². The number of hydrogen-bond donors (Lipinski definition) is 0. The Morgan fingerprint density at radius 3 is 2.73 bits per heavy atom. The molecule has 0 N–H and O–H groups in total. The predicted octanol–water partition coefficient (Wildman–Crippen LogP) is 3.98. The van der Waals surface area contributed by atoms with E-state index in [1.54, 1.807) is 25.1 Å². The fraction of sp³-hybridized carbons (Fsp3) is 0.250. The molecule has 0 spiro atoms. The van der Waals surface area contributed by atoms with Gasteiger partial charge in [-0.2, -0.15) is 0 Å². The van der Waals surface area contributed by atoms with Gasteiger partial charge in [0.1, 0.15) is 0 Å². The zero-order valence-corrected chi connectivity index (χ0v) is 9.82. The van der Waals surface area contributed by atoms with Crippen LogP contribution in [0.5, 0.6) is 0 Å². The first-order valence-corrected chi connectivity index (χ1v) is 5.28. The van der Waals surface area contributed by atoms with Crippen LogP contribution in [0.3, 0.4) is 0 Å². The third kappa shape index (κ3) is 3.58. The molecule has 1 nitrogen and oxygen atoms in total. The first-order chi connectivity index (χ1) is 7.15. The summed E-state index contributed by atoms with van der Waals surface area (Å²) in [6, 6.07) is 4.88. The Kier molecular flexibility index (Phi) is 4.68. The van der Waals surface area contributed by atoms with Gasteiger partial charge in [0.2, 0.25) is 0 Å². The highest BCUT2D eigenvalue weighted by molar-refractivity contribution is 6.36. The van der Waals surface area contributed by atoms with Crippen molar-refractivity contribution in [3.05, 3.63) is 33.8 Å². The summed E-state index contributed by atoms with van der Waals surface area (Å²) in [5, 5.41) is 0.932. The lowest BCUT2D eigenvalue weighted by Gasteiger charge is -2.01. The number of halogens is 2. The quantitative estimate of drug-likeness (QED) is 0.577. The fourth-order valence-corrected chi connectivity index (χ4v) is 1.67. The summed E-state index contributed by atoms with van der Waals surface area (Å²) < 4.78 is 0. The lowest BCUT2D eigenvalue weighted by atomic mass is 10.1. The Hall–Kier alpha value is -0.970. The van der Waals surface area contributed by atoms with Gasteiger partial charge in [-0.15, -0.1) is 11.8 Å². The maximum atomic E-state index is 11.7. The van der Waals surface area contributed by atoms with Gasteiger partial charge >= 0.3 is 0 Å². The minimum atomic E-state index is -0.000540. The highest BCUT2D eigenvalue weighted by Gasteiger charge is 2.09. The molecular formula is C12H10Cl2O. The van der Waals surface area contributed by atoms with E-state index in [0.29, 0.717) is 28.5 Å². The second-order valence-electron chi connectivity index (χ2n) is 2.97. The van der Waals surface area contributed by atoms with Crippen LogP contribution in [0.4, 0.5) is 0 Å². The minimum absolute atomic E-state index is 0.000540. The molecule has 0 aromatic heterocycles. The molecule has 78 valence electrons. The Bertz CT molecular complexity index is 427. The van der Waals surface area contributed by atoms with E-state index >= 15 is 0 Å². The van der Waals surface area contributed by atoms with Crippen molar-refractivity contribution in [2.45, 2.75) is 19.8 Å². The van der Waals surface area contributed by atoms with E-state index in [2.05, 4.69) is 11.8 Å². The van der Waals surface area contributed by atoms with E-state index in [1.165, 1.54) is 0 Å². The number of rotatable bonds is 3. The van der Waals surface area contributed by atoms with E-state index in [9.17, 15) is 4.79 Å². The summed E-state index contributed by atoms with van der Waals surface area (Å²) in [5.74, 6) is 5.58. The van der Waals surface area contributed by atoms with Gasteiger partial charge < -0.3 is 0 Å². The first kappa shape index (κ1) is 12.1. The average Bonchev–Trinajstić information content (AvgIpc) is 2.17. The van der Waals surface area contributed by atoms with Crippen molar-refractivity contribution in [3.63, 3.8) is 0 Å². The average molecular weight is 241 g/mol. The van der Waals surface area contributed by atoms with Gasteiger partial charge in [-0.1, -0.05) is 23.2 Å². The SMILES string of the molecule is CC#CCCC(=O)c1ccc(Cl)cc1Cl.